The van der Waals surface area contributed by atoms with Crippen LogP contribution in [0.3, 0.4) is 0 Å². The Hall–Kier alpha value is -2.93. The molecule has 0 saturated heterocycles. The summed E-state index contributed by atoms with van der Waals surface area (Å²) in [7, 11) is 1.60. The monoisotopic (exact) mass is 345 g/mol. The standard InChI is InChI=1S/C16H13ClFN5O/c1-24-13-5-3-12(4-6-13)23-16(20-21-22-23)8-9-19-11-2-7-15(18)14(17)10-11/h2-10,19H,1H3. The van der Waals surface area contributed by atoms with Crippen LogP contribution in [0.1, 0.15) is 5.82 Å². The van der Waals surface area contributed by atoms with Crippen LogP contribution in [0.4, 0.5) is 10.1 Å². The van der Waals surface area contributed by atoms with Crippen molar-refractivity contribution in [2.24, 2.45) is 0 Å². The van der Waals surface area contributed by atoms with E-state index >= 15 is 0 Å². The third-order valence-corrected chi connectivity index (χ3v) is 3.50. The molecule has 0 atom stereocenters. The van der Waals surface area contributed by atoms with E-state index in [4.69, 9.17) is 16.3 Å². The van der Waals surface area contributed by atoms with Gasteiger partial charge in [0.25, 0.3) is 0 Å². The average molecular weight is 346 g/mol. The van der Waals surface area contributed by atoms with Crippen LogP contribution >= 0.6 is 11.6 Å². The number of methoxy groups -OCH3 is 1. The van der Waals surface area contributed by atoms with Crippen molar-refractivity contribution in [3.63, 3.8) is 0 Å². The Morgan fingerprint density at radius 1 is 1.21 bits per heavy atom. The Kier molecular flexibility index (Phi) is 4.72. The maximum absolute atomic E-state index is 13.1. The Labute approximate surface area is 142 Å². The zero-order valence-corrected chi connectivity index (χ0v) is 13.4. The van der Waals surface area contributed by atoms with Crippen LogP contribution in [0.25, 0.3) is 11.8 Å². The fourth-order valence-corrected chi connectivity index (χ4v) is 2.18. The predicted molar refractivity (Wildman–Crippen MR) is 89.8 cm³/mol. The minimum absolute atomic E-state index is 0.0523. The maximum Gasteiger partial charge on any atom is 0.181 e. The maximum atomic E-state index is 13.1. The van der Waals surface area contributed by atoms with Gasteiger partial charge in [0.1, 0.15) is 11.6 Å². The van der Waals surface area contributed by atoms with Gasteiger partial charge in [0, 0.05) is 18.0 Å². The molecule has 1 aromatic heterocycles. The summed E-state index contributed by atoms with van der Waals surface area (Å²) in [6.45, 7) is 0. The topological polar surface area (TPSA) is 64.9 Å². The second-order valence-electron chi connectivity index (χ2n) is 4.75. The van der Waals surface area contributed by atoms with E-state index < -0.39 is 5.82 Å². The first kappa shape index (κ1) is 15.9. The third kappa shape index (κ3) is 3.52. The van der Waals surface area contributed by atoms with E-state index in [1.54, 1.807) is 30.1 Å². The number of hydrogen-bond acceptors (Lipinski definition) is 5. The highest BCUT2D eigenvalue weighted by atomic mass is 35.5. The Morgan fingerprint density at radius 2 is 2.00 bits per heavy atom. The van der Waals surface area contributed by atoms with E-state index in [9.17, 15) is 4.39 Å². The molecule has 1 N–H and O–H groups in total. The van der Waals surface area contributed by atoms with E-state index in [-0.39, 0.29) is 5.02 Å². The lowest BCUT2D eigenvalue weighted by atomic mass is 10.3. The molecule has 0 unspecified atom stereocenters. The number of halogens is 2. The molecular weight excluding hydrogens is 333 g/mol. The number of aromatic nitrogens is 4. The summed E-state index contributed by atoms with van der Waals surface area (Å²) in [4.78, 5) is 0. The lowest BCUT2D eigenvalue weighted by Gasteiger charge is -2.04. The second kappa shape index (κ2) is 7.10. The van der Waals surface area contributed by atoms with Crippen molar-refractivity contribution in [3.8, 4) is 11.4 Å². The average Bonchev–Trinajstić information content (AvgIpc) is 3.06. The summed E-state index contributed by atoms with van der Waals surface area (Å²) in [5.74, 6) is 0.814. The molecule has 0 radical (unpaired) electrons. The highest BCUT2D eigenvalue weighted by Crippen LogP contribution is 2.19. The van der Waals surface area contributed by atoms with E-state index in [0.29, 0.717) is 11.5 Å². The molecule has 2 aromatic carbocycles. The molecule has 24 heavy (non-hydrogen) atoms. The molecule has 0 aliphatic rings. The largest absolute Gasteiger partial charge is 0.497 e. The third-order valence-electron chi connectivity index (χ3n) is 3.21. The quantitative estimate of drug-likeness (QED) is 0.766. The second-order valence-corrected chi connectivity index (χ2v) is 5.16. The van der Waals surface area contributed by atoms with Gasteiger partial charge in [0.15, 0.2) is 5.82 Å². The van der Waals surface area contributed by atoms with Gasteiger partial charge in [-0.05, 0) is 52.9 Å². The Balaban J connectivity index is 1.76. The van der Waals surface area contributed by atoms with E-state index in [2.05, 4.69) is 20.8 Å². The van der Waals surface area contributed by atoms with E-state index in [1.807, 2.05) is 24.3 Å². The molecule has 0 spiro atoms. The first-order valence-corrected chi connectivity index (χ1v) is 7.36. The van der Waals surface area contributed by atoms with Crippen LogP contribution in [0, 0.1) is 5.82 Å². The van der Waals surface area contributed by atoms with Crippen LogP contribution in [-0.4, -0.2) is 27.3 Å². The molecule has 0 bridgehead atoms. The predicted octanol–water partition coefficient (Wildman–Crippen LogP) is 3.55. The summed E-state index contributed by atoms with van der Waals surface area (Å²) in [5.41, 5.74) is 1.45. The molecule has 6 nitrogen and oxygen atoms in total. The molecule has 3 aromatic rings. The minimum Gasteiger partial charge on any atom is -0.497 e. The van der Waals surface area contributed by atoms with Gasteiger partial charge >= 0.3 is 0 Å². The van der Waals surface area contributed by atoms with Crippen LogP contribution in [0.15, 0.2) is 48.7 Å². The minimum atomic E-state index is -0.463. The van der Waals surface area contributed by atoms with Crippen molar-refractivity contribution >= 4 is 23.4 Å². The number of nitrogens with one attached hydrogen (secondary N) is 1. The molecular formula is C16H13ClFN5O. The van der Waals surface area contributed by atoms with Gasteiger partial charge in [-0.2, -0.15) is 4.68 Å². The van der Waals surface area contributed by atoms with E-state index in [1.165, 1.54) is 12.1 Å². The molecule has 0 aliphatic heterocycles. The number of benzene rings is 2. The number of rotatable bonds is 5. The van der Waals surface area contributed by atoms with Crippen molar-refractivity contribution in [3.05, 3.63) is 65.3 Å². The molecule has 1 heterocycles. The zero-order valence-electron chi connectivity index (χ0n) is 12.6. The van der Waals surface area contributed by atoms with Crippen molar-refractivity contribution in [2.75, 3.05) is 12.4 Å². The van der Waals surface area contributed by atoms with Gasteiger partial charge in [0.05, 0.1) is 17.8 Å². The van der Waals surface area contributed by atoms with Gasteiger partial charge in [-0.25, -0.2) is 4.39 Å². The fourth-order valence-electron chi connectivity index (χ4n) is 2.00. The highest BCUT2D eigenvalue weighted by molar-refractivity contribution is 6.31. The number of ether oxygens (including phenoxy) is 1. The van der Waals surface area contributed by atoms with Crippen LogP contribution in [0.2, 0.25) is 5.02 Å². The summed E-state index contributed by atoms with van der Waals surface area (Å²) in [6.07, 6.45) is 3.34. The lowest BCUT2D eigenvalue weighted by molar-refractivity contribution is 0.414. The normalized spacial score (nSPS) is 11.0. The molecule has 3 rings (SSSR count). The number of anilines is 1. The number of nitrogens with zero attached hydrogens (tertiary/aromatic N) is 4. The van der Waals surface area contributed by atoms with Crippen molar-refractivity contribution in [2.45, 2.75) is 0 Å². The molecule has 0 fully saturated rings. The van der Waals surface area contributed by atoms with Gasteiger partial charge < -0.3 is 10.1 Å². The van der Waals surface area contributed by atoms with Crippen LogP contribution in [0.5, 0.6) is 5.75 Å². The number of hydrogen-bond donors (Lipinski definition) is 1. The molecule has 0 amide bonds. The smallest absolute Gasteiger partial charge is 0.181 e. The zero-order chi connectivity index (χ0) is 16.9. The van der Waals surface area contributed by atoms with Crippen molar-refractivity contribution < 1.29 is 9.13 Å². The van der Waals surface area contributed by atoms with Crippen molar-refractivity contribution in [1.82, 2.24) is 20.2 Å². The lowest BCUT2D eigenvalue weighted by Crippen LogP contribution is -2.00. The van der Waals surface area contributed by atoms with Gasteiger partial charge in [-0.3, -0.25) is 0 Å². The molecule has 0 aliphatic carbocycles. The highest BCUT2D eigenvalue weighted by Gasteiger charge is 2.05. The number of tetrazole rings is 1. The Morgan fingerprint density at radius 3 is 2.71 bits per heavy atom. The first-order chi connectivity index (χ1) is 11.7. The van der Waals surface area contributed by atoms with Crippen molar-refractivity contribution in [1.29, 1.82) is 0 Å². The summed E-state index contributed by atoms with van der Waals surface area (Å²) in [6, 6.07) is 11.7. The fraction of sp³-hybridized carbons (Fsp3) is 0.0625. The SMILES string of the molecule is COc1ccc(-n2nnnc2C=CNc2ccc(F)c(Cl)c2)cc1. The molecule has 0 saturated carbocycles. The van der Waals surface area contributed by atoms with Crippen LogP contribution < -0.4 is 10.1 Å². The summed E-state index contributed by atoms with van der Waals surface area (Å²) in [5, 5.41) is 14.6. The first-order valence-electron chi connectivity index (χ1n) is 6.98. The van der Waals surface area contributed by atoms with E-state index in [0.717, 1.165) is 11.4 Å². The van der Waals surface area contributed by atoms with Gasteiger partial charge in [-0.1, -0.05) is 11.6 Å². The summed E-state index contributed by atoms with van der Waals surface area (Å²) >= 11 is 5.74. The van der Waals surface area contributed by atoms with Gasteiger partial charge in [-0.15, -0.1) is 5.10 Å². The molecule has 122 valence electrons. The Bertz CT molecular complexity index is 863. The summed E-state index contributed by atoms with van der Waals surface area (Å²) < 4.78 is 19.8. The van der Waals surface area contributed by atoms with Gasteiger partial charge in [0.2, 0.25) is 0 Å². The molecule has 8 heteroatoms. The van der Waals surface area contributed by atoms with Crippen LogP contribution in [-0.2, 0) is 0 Å².